The Morgan fingerprint density at radius 3 is 3.00 bits per heavy atom. The zero-order valence-electron chi connectivity index (χ0n) is 12.2. The van der Waals surface area contributed by atoms with Crippen LogP contribution in [0.1, 0.15) is 16.8 Å². The fourth-order valence-corrected chi connectivity index (χ4v) is 2.54. The van der Waals surface area contributed by atoms with Crippen molar-refractivity contribution >= 4 is 5.91 Å². The van der Waals surface area contributed by atoms with Crippen molar-refractivity contribution in [1.29, 1.82) is 5.26 Å². The highest BCUT2D eigenvalue weighted by atomic mass is 16.2. The minimum Gasteiger partial charge on any atom is -0.336 e. The molecule has 3 rings (SSSR count). The molecule has 1 N–H and O–H groups in total. The van der Waals surface area contributed by atoms with Crippen molar-refractivity contribution in [2.75, 3.05) is 6.54 Å². The van der Waals surface area contributed by atoms with Crippen LogP contribution in [0.5, 0.6) is 0 Å². The number of amides is 1. The molecule has 0 fully saturated rings. The SMILES string of the molecule is N#Cc1cc2c([nH]c1=O)CCN(C(=O)Cn1ncccc1=O)C2. The Labute approximate surface area is 130 Å². The van der Waals surface area contributed by atoms with Gasteiger partial charge in [-0.2, -0.15) is 10.4 Å². The second-order valence-corrected chi connectivity index (χ2v) is 5.21. The highest BCUT2D eigenvalue weighted by Crippen LogP contribution is 2.16. The molecule has 1 aliphatic rings. The highest BCUT2D eigenvalue weighted by Gasteiger charge is 2.22. The van der Waals surface area contributed by atoms with E-state index in [-0.39, 0.29) is 23.6 Å². The summed E-state index contributed by atoms with van der Waals surface area (Å²) in [5, 5.41) is 12.8. The van der Waals surface area contributed by atoms with Gasteiger partial charge in [-0.05, 0) is 17.7 Å². The summed E-state index contributed by atoms with van der Waals surface area (Å²) in [6.07, 6.45) is 1.95. The van der Waals surface area contributed by atoms with Crippen LogP contribution in [-0.2, 0) is 24.3 Å². The molecule has 2 aromatic heterocycles. The smallest absolute Gasteiger partial charge is 0.267 e. The average molecular weight is 311 g/mol. The Bertz CT molecular complexity index is 922. The Kier molecular flexibility index (Phi) is 3.76. The number of fused-ring (bicyclic) bond motifs is 1. The zero-order valence-corrected chi connectivity index (χ0v) is 12.2. The molecule has 8 nitrogen and oxygen atoms in total. The van der Waals surface area contributed by atoms with Crippen molar-refractivity contribution in [2.24, 2.45) is 0 Å². The van der Waals surface area contributed by atoms with Crippen molar-refractivity contribution < 1.29 is 4.79 Å². The summed E-state index contributed by atoms with van der Waals surface area (Å²) in [5.41, 5.74) is 0.765. The lowest BCUT2D eigenvalue weighted by Gasteiger charge is -2.28. The van der Waals surface area contributed by atoms with Crippen LogP contribution in [-0.4, -0.2) is 32.1 Å². The number of nitrogens with zero attached hydrogens (tertiary/aromatic N) is 4. The Balaban J connectivity index is 1.80. The summed E-state index contributed by atoms with van der Waals surface area (Å²) in [5.74, 6) is -0.235. The third kappa shape index (κ3) is 2.89. The van der Waals surface area contributed by atoms with E-state index in [4.69, 9.17) is 5.26 Å². The number of H-pyrrole nitrogens is 1. The molecule has 1 amide bonds. The predicted molar refractivity (Wildman–Crippen MR) is 79.4 cm³/mol. The summed E-state index contributed by atoms with van der Waals surface area (Å²) >= 11 is 0. The summed E-state index contributed by atoms with van der Waals surface area (Å²) in [7, 11) is 0. The fraction of sp³-hybridized carbons (Fsp3) is 0.267. The summed E-state index contributed by atoms with van der Waals surface area (Å²) in [6, 6.07) is 6.21. The van der Waals surface area contributed by atoms with Gasteiger partial charge < -0.3 is 9.88 Å². The molecule has 0 atom stereocenters. The van der Waals surface area contributed by atoms with E-state index < -0.39 is 5.56 Å². The van der Waals surface area contributed by atoms with Crippen molar-refractivity contribution in [3.8, 4) is 6.07 Å². The molecule has 0 unspecified atom stereocenters. The summed E-state index contributed by atoms with van der Waals surface area (Å²) in [4.78, 5) is 39.8. The van der Waals surface area contributed by atoms with Crippen molar-refractivity contribution in [3.05, 3.63) is 61.9 Å². The van der Waals surface area contributed by atoms with Crippen LogP contribution < -0.4 is 11.1 Å². The number of pyridine rings is 1. The summed E-state index contributed by atoms with van der Waals surface area (Å²) in [6.45, 7) is 0.597. The van der Waals surface area contributed by atoms with E-state index in [2.05, 4.69) is 10.1 Å². The largest absolute Gasteiger partial charge is 0.336 e. The highest BCUT2D eigenvalue weighted by molar-refractivity contribution is 5.76. The maximum atomic E-state index is 12.3. The molecule has 0 aromatic carbocycles. The number of hydrogen-bond acceptors (Lipinski definition) is 5. The van der Waals surface area contributed by atoms with Crippen LogP contribution in [0.25, 0.3) is 0 Å². The third-order valence-electron chi connectivity index (χ3n) is 3.75. The topological polar surface area (TPSA) is 112 Å². The first kappa shape index (κ1) is 14.7. The molecular formula is C15H13N5O3. The van der Waals surface area contributed by atoms with Gasteiger partial charge in [0.2, 0.25) is 5.91 Å². The number of nitrogens with one attached hydrogen (secondary N) is 1. The lowest BCUT2D eigenvalue weighted by Crippen LogP contribution is -2.41. The Hall–Kier alpha value is -3.21. The van der Waals surface area contributed by atoms with E-state index in [1.165, 1.54) is 24.4 Å². The molecule has 0 bridgehead atoms. The van der Waals surface area contributed by atoms with Gasteiger partial charge in [0.15, 0.2) is 0 Å². The Morgan fingerprint density at radius 2 is 2.26 bits per heavy atom. The third-order valence-corrected chi connectivity index (χ3v) is 3.75. The molecule has 0 spiro atoms. The lowest BCUT2D eigenvalue weighted by molar-refractivity contribution is -0.133. The second-order valence-electron chi connectivity index (χ2n) is 5.21. The van der Waals surface area contributed by atoms with E-state index >= 15 is 0 Å². The van der Waals surface area contributed by atoms with Crippen molar-refractivity contribution in [2.45, 2.75) is 19.5 Å². The second kappa shape index (κ2) is 5.88. The van der Waals surface area contributed by atoms with Crippen LogP contribution in [0.2, 0.25) is 0 Å². The molecule has 3 heterocycles. The molecular weight excluding hydrogens is 298 g/mol. The van der Waals surface area contributed by atoms with Gasteiger partial charge in [0.1, 0.15) is 18.2 Å². The van der Waals surface area contributed by atoms with E-state index in [1.807, 2.05) is 6.07 Å². The maximum Gasteiger partial charge on any atom is 0.267 e. The van der Waals surface area contributed by atoms with Gasteiger partial charge in [-0.1, -0.05) is 0 Å². The van der Waals surface area contributed by atoms with Gasteiger partial charge in [0, 0.05) is 37.5 Å². The quantitative estimate of drug-likeness (QED) is 0.795. The molecule has 116 valence electrons. The first-order chi connectivity index (χ1) is 11.1. The number of nitriles is 1. The van der Waals surface area contributed by atoms with Crippen LogP contribution in [0.4, 0.5) is 0 Å². The van der Waals surface area contributed by atoms with Crippen molar-refractivity contribution in [3.63, 3.8) is 0 Å². The van der Waals surface area contributed by atoms with Crippen LogP contribution in [0, 0.1) is 11.3 Å². The first-order valence-electron chi connectivity index (χ1n) is 7.03. The standard InChI is InChI=1S/C15H13N5O3/c16-7-10-6-11-8-19(5-3-12(11)18-15(10)23)14(22)9-20-13(21)2-1-4-17-20/h1-2,4,6H,3,5,8-9H2,(H,18,23). The minimum atomic E-state index is -0.411. The van der Waals surface area contributed by atoms with Gasteiger partial charge in [0.25, 0.3) is 11.1 Å². The molecule has 2 aromatic rings. The molecule has 0 radical (unpaired) electrons. The van der Waals surface area contributed by atoms with Gasteiger partial charge in [-0.3, -0.25) is 14.4 Å². The van der Waals surface area contributed by atoms with E-state index in [0.29, 0.717) is 19.5 Å². The lowest BCUT2D eigenvalue weighted by atomic mass is 10.0. The monoisotopic (exact) mass is 311 g/mol. The maximum absolute atomic E-state index is 12.3. The van der Waals surface area contributed by atoms with Crippen LogP contribution >= 0.6 is 0 Å². The molecule has 0 aliphatic carbocycles. The van der Waals surface area contributed by atoms with Crippen LogP contribution in [0.15, 0.2) is 34.0 Å². The average Bonchev–Trinajstić information content (AvgIpc) is 2.55. The fourth-order valence-electron chi connectivity index (χ4n) is 2.54. The van der Waals surface area contributed by atoms with E-state index in [0.717, 1.165) is 15.9 Å². The van der Waals surface area contributed by atoms with Gasteiger partial charge >= 0.3 is 0 Å². The number of aromatic amines is 1. The number of carbonyl (C=O) groups excluding carboxylic acids is 1. The number of carbonyl (C=O) groups is 1. The molecule has 0 saturated carbocycles. The molecule has 1 aliphatic heterocycles. The molecule has 8 heteroatoms. The normalized spacial score (nSPS) is 13.3. The molecule has 0 saturated heterocycles. The van der Waals surface area contributed by atoms with E-state index in [1.54, 1.807) is 4.90 Å². The number of hydrogen-bond donors (Lipinski definition) is 1. The Morgan fingerprint density at radius 1 is 1.43 bits per heavy atom. The minimum absolute atomic E-state index is 0.0268. The van der Waals surface area contributed by atoms with Gasteiger partial charge in [0.05, 0.1) is 0 Å². The van der Waals surface area contributed by atoms with E-state index in [9.17, 15) is 14.4 Å². The number of rotatable bonds is 2. The van der Waals surface area contributed by atoms with Gasteiger partial charge in [-0.15, -0.1) is 0 Å². The van der Waals surface area contributed by atoms with Crippen LogP contribution in [0.3, 0.4) is 0 Å². The zero-order chi connectivity index (χ0) is 16.4. The first-order valence-corrected chi connectivity index (χ1v) is 7.03. The molecule has 23 heavy (non-hydrogen) atoms. The summed E-state index contributed by atoms with van der Waals surface area (Å²) < 4.78 is 1.10. The van der Waals surface area contributed by atoms with Gasteiger partial charge in [-0.25, -0.2) is 4.68 Å². The van der Waals surface area contributed by atoms with Crippen molar-refractivity contribution in [1.82, 2.24) is 19.7 Å². The number of aromatic nitrogens is 3. The predicted octanol–water partition coefficient (Wildman–Crippen LogP) is -0.612.